The van der Waals surface area contributed by atoms with Gasteiger partial charge in [-0.25, -0.2) is 8.42 Å². The van der Waals surface area contributed by atoms with Gasteiger partial charge in [-0.05, 0) is 37.6 Å². The summed E-state index contributed by atoms with van der Waals surface area (Å²) in [5, 5.41) is 5.56. The third-order valence-corrected chi connectivity index (χ3v) is 4.27. The molecule has 112 valence electrons. The van der Waals surface area contributed by atoms with Gasteiger partial charge >= 0.3 is 0 Å². The molecule has 1 rings (SSSR count). The van der Waals surface area contributed by atoms with Gasteiger partial charge in [-0.2, -0.15) is 4.72 Å². The maximum absolute atomic E-state index is 12.1. The molecule has 0 aliphatic heterocycles. The van der Waals surface area contributed by atoms with Crippen molar-refractivity contribution in [1.29, 1.82) is 0 Å². The van der Waals surface area contributed by atoms with Crippen molar-refractivity contribution in [3.05, 3.63) is 24.3 Å². The highest BCUT2D eigenvalue weighted by Gasteiger charge is 2.20. The van der Waals surface area contributed by atoms with Crippen LogP contribution in [0.4, 0.5) is 5.69 Å². The van der Waals surface area contributed by atoms with Gasteiger partial charge in [0.15, 0.2) is 0 Å². The molecule has 20 heavy (non-hydrogen) atoms. The predicted octanol–water partition coefficient (Wildman–Crippen LogP) is 0.921. The van der Waals surface area contributed by atoms with E-state index in [9.17, 15) is 13.2 Å². The molecule has 1 aromatic rings. The van der Waals surface area contributed by atoms with Crippen molar-refractivity contribution in [2.45, 2.75) is 31.2 Å². The second-order valence-corrected chi connectivity index (χ2v) is 6.12. The molecule has 0 radical (unpaired) electrons. The van der Waals surface area contributed by atoms with Crippen molar-refractivity contribution in [3.8, 4) is 0 Å². The van der Waals surface area contributed by atoms with E-state index >= 15 is 0 Å². The van der Waals surface area contributed by atoms with Gasteiger partial charge in [0.25, 0.3) is 0 Å². The summed E-state index contributed by atoms with van der Waals surface area (Å²) in [6.07, 6.45) is 0.991. The second-order valence-electron chi connectivity index (χ2n) is 4.41. The van der Waals surface area contributed by atoms with Crippen LogP contribution in [-0.2, 0) is 14.8 Å². The van der Waals surface area contributed by atoms with Gasteiger partial charge in [0.05, 0.1) is 10.9 Å². The molecule has 3 N–H and O–H groups in total. The van der Waals surface area contributed by atoms with E-state index in [0.717, 1.165) is 18.7 Å². The second kappa shape index (κ2) is 7.25. The van der Waals surface area contributed by atoms with E-state index in [0.29, 0.717) is 0 Å². The molecule has 0 aliphatic carbocycles. The van der Waals surface area contributed by atoms with Crippen molar-refractivity contribution in [3.63, 3.8) is 0 Å². The van der Waals surface area contributed by atoms with Crippen molar-refractivity contribution in [2.75, 3.05) is 18.9 Å². The van der Waals surface area contributed by atoms with Gasteiger partial charge < -0.3 is 10.6 Å². The van der Waals surface area contributed by atoms with Crippen LogP contribution in [0.25, 0.3) is 0 Å². The van der Waals surface area contributed by atoms with E-state index in [2.05, 4.69) is 22.3 Å². The molecule has 0 bridgehead atoms. The molecule has 6 nitrogen and oxygen atoms in total. The average Bonchev–Trinajstić information content (AvgIpc) is 2.44. The minimum Gasteiger partial charge on any atom is -0.385 e. The summed E-state index contributed by atoms with van der Waals surface area (Å²) >= 11 is 0. The minimum atomic E-state index is -3.69. The van der Waals surface area contributed by atoms with Gasteiger partial charge in [0, 0.05) is 19.3 Å². The van der Waals surface area contributed by atoms with Gasteiger partial charge in [0.2, 0.25) is 15.9 Å². The lowest BCUT2D eigenvalue weighted by Gasteiger charge is -2.13. The summed E-state index contributed by atoms with van der Waals surface area (Å²) in [5.74, 6) is -0.380. The van der Waals surface area contributed by atoms with E-state index in [-0.39, 0.29) is 10.8 Å². The molecule has 0 aromatic heterocycles. The molecule has 0 saturated heterocycles. The molecule has 1 unspecified atom stereocenters. The maximum atomic E-state index is 12.1. The molecular weight excluding hydrogens is 278 g/mol. The number of carbonyl (C=O) groups is 1. The Morgan fingerprint density at radius 2 is 1.85 bits per heavy atom. The Morgan fingerprint density at radius 1 is 1.25 bits per heavy atom. The topological polar surface area (TPSA) is 87.3 Å². The Hall–Kier alpha value is -1.60. The molecule has 0 spiro atoms. The monoisotopic (exact) mass is 299 g/mol. The molecule has 0 aliphatic rings. The molecular formula is C13H21N3O3S. The molecule has 7 heteroatoms. The Morgan fingerprint density at radius 3 is 2.35 bits per heavy atom. The van der Waals surface area contributed by atoms with Gasteiger partial charge in [0.1, 0.15) is 0 Å². The SMILES string of the molecule is CCCNc1ccc(S(=O)(=O)NC(C)C(=O)NC)cc1. The number of rotatable bonds is 7. The summed E-state index contributed by atoms with van der Waals surface area (Å²) in [6, 6.07) is 5.61. The molecule has 1 aromatic carbocycles. The zero-order valence-corrected chi connectivity index (χ0v) is 12.8. The lowest BCUT2D eigenvalue weighted by molar-refractivity contribution is -0.121. The number of sulfonamides is 1. The van der Waals surface area contributed by atoms with Crippen LogP contribution >= 0.6 is 0 Å². The fourth-order valence-corrected chi connectivity index (χ4v) is 2.80. The van der Waals surface area contributed by atoms with Gasteiger partial charge in [-0.3, -0.25) is 4.79 Å². The van der Waals surface area contributed by atoms with E-state index in [1.807, 2.05) is 0 Å². The van der Waals surface area contributed by atoms with Gasteiger partial charge in [-0.15, -0.1) is 0 Å². The highest BCUT2D eigenvalue weighted by molar-refractivity contribution is 7.89. The normalized spacial score (nSPS) is 12.8. The highest BCUT2D eigenvalue weighted by atomic mass is 32.2. The first-order chi connectivity index (χ1) is 9.40. The number of hydrogen-bond acceptors (Lipinski definition) is 4. The Labute approximate surface area is 120 Å². The van der Waals surface area contributed by atoms with Crippen LogP contribution in [0.1, 0.15) is 20.3 Å². The number of hydrogen-bond donors (Lipinski definition) is 3. The third-order valence-electron chi connectivity index (χ3n) is 2.72. The Balaban J connectivity index is 2.80. The van der Waals surface area contributed by atoms with Crippen LogP contribution in [0.3, 0.4) is 0 Å². The van der Waals surface area contributed by atoms with Crippen LogP contribution in [0.5, 0.6) is 0 Å². The largest absolute Gasteiger partial charge is 0.385 e. The molecule has 0 heterocycles. The number of nitrogens with one attached hydrogen (secondary N) is 3. The van der Waals surface area contributed by atoms with Crippen LogP contribution in [-0.4, -0.2) is 34.0 Å². The Kier molecular flexibility index (Phi) is 5.97. The summed E-state index contributed by atoms with van der Waals surface area (Å²) in [4.78, 5) is 11.5. The lowest BCUT2D eigenvalue weighted by atomic mass is 10.3. The fraction of sp³-hybridized carbons (Fsp3) is 0.462. The number of benzene rings is 1. The quantitative estimate of drug-likeness (QED) is 0.699. The molecule has 1 atom stereocenters. The van der Waals surface area contributed by atoms with Crippen molar-refractivity contribution >= 4 is 21.6 Å². The smallest absolute Gasteiger partial charge is 0.241 e. The van der Waals surface area contributed by atoms with E-state index in [1.165, 1.54) is 26.1 Å². The first kappa shape index (κ1) is 16.5. The van der Waals surface area contributed by atoms with Crippen LogP contribution in [0.2, 0.25) is 0 Å². The molecule has 1 amide bonds. The first-order valence-corrected chi connectivity index (χ1v) is 7.97. The van der Waals surface area contributed by atoms with E-state index < -0.39 is 16.1 Å². The third kappa shape index (κ3) is 4.50. The van der Waals surface area contributed by atoms with E-state index in [1.54, 1.807) is 12.1 Å². The van der Waals surface area contributed by atoms with Crippen LogP contribution < -0.4 is 15.4 Å². The molecule has 0 saturated carbocycles. The minimum absolute atomic E-state index is 0.135. The number of amides is 1. The maximum Gasteiger partial charge on any atom is 0.241 e. The average molecular weight is 299 g/mol. The standard InChI is InChI=1S/C13H21N3O3S/c1-4-9-15-11-5-7-12(8-6-11)20(18,19)16-10(2)13(17)14-3/h5-8,10,15-16H,4,9H2,1-3H3,(H,14,17). The molecule has 0 fully saturated rings. The highest BCUT2D eigenvalue weighted by Crippen LogP contribution is 2.14. The van der Waals surface area contributed by atoms with Crippen molar-refractivity contribution in [1.82, 2.24) is 10.0 Å². The van der Waals surface area contributed by atoms with Crippen LogP contribution in [0, 0.1) is 0 Å². The van der Waals surface area contributed by atoms with Gasteiger partial charge in [-0.1, -0.05) is 6.92 Å². The van der Waals surface area contributed by atoms with Crippen LogP contribution in [0.15, 0.2) is 29.2 Å². The number of carbonyl (C=O) groups excluding carboxylic acids is 1. The predicted molar refractivity (Wildman–Crippen MR) is 79.1 cm³/mol. The summed E-state index contributed by atoms with van der Waals surface area (Å²) in [6.45, 7) is 4.38. The first-order valence-electron chi connectivity index (χ1n) is 6.48. The summed E-state index contributed by atoms with van der Waals surface area (Å²) < 4.78 is 26.5. The van der Waals surface area contributed by atoms with Crippen molar-refractivity contribution in [2.24, 2.45) is 0 Å². The van der Waals surface area contributed by atoms with E-state index in [4.69, 9.17) is 0 Å². The Bertz CT molecular complexity index is 540. The summed E-state index contributed by atoms with van der Waals surface area (Å²) in [5.41, 5.74) is 0.866. The fourth-order valence-electron chi connectivity index (χ4n) is 1.59. The summed E-state index contributed by atoms with van der Waals surface area (Å²) in [7, 11) is -2.23. The number of anilines is 1. The van der Waals surface area contributed by atoms with Crippen molar-refractivity contribution < 1.29 is 13.2 Å². The zero-order chi connectivity index (χ0) is 15.2. The lowest BCUT2D eigenvalue weighted by Crippen LogP contribution is -2.43. The number of likely N-dealkylation sites (N-methyl/N-ethyl adjacent to an activating group) is 1. The zero-order valence-electron chi connectivity index (χ0n) is 11.9.